The van der Waals surface area contributed by atoms with Crippen molar-refractivity contribution in [3.63, 3.8) is 0 Å². The first-order valence-corrected chi connectivity index (χ1v) is 10.2. The first-order chi connectivity index (χ1) is 14.3. The van der Waals surface area contributed by atoms with Gasteiger partial charge in [0.05, 0.1) is 0 Å². The quantitative estimate of drug-likeness (QED) is 0.626. The average Bonchev–Trinajstić information content (AvgIpc) is 2.74. The van der Waals surface area contributed by atoms with E-state index in [1.165, 1.54) is 12.2 Å². The van der Waals surface area contributed by atoms with E-state index in [0.29, 0.717) is 38.9 Å². The molecule has 0 saturated carbocycles. The molecule has 2 aliphatic rings. The van der Waals surface area contributed by atoms with Gasteiger partial charge >= 0.3 is 11.9 Å². The number of hydrogen-bond acceptors (Lipinski definition) is 5. The van der Waals surface area contributed by atoms with Crippen molar-refractivity contribution in [1.82, 2.24) is 4.90 Å². The average molecular weight is 412 g/mol. The summed E-state index contributed by atoms with van der Waals surface area (Å²) >= 11 is 0. The van der Waals surface area contributed by atoms with Crippen LogP contribution in [-0.4, -0.2) is 51.5 Å². The molecule has 7 nitrogen and oxygen atoms in total. The van der Waals surface area contributed by atoms with E-state index in [-0.39, 0.29) is 17.3 Å². The van der Waals surface area contributed by atoms with Crippen LogP contribution in [0.1, 0.15) is 30.9 Å². The van der Waals surface area contributed by atoms with E-state index < -0.39 is 23.4 Å². The van der Waals surface area contributed by atoms with Gasteiger partial charge in [-0.25, -0.2) is 9.59 Å². The molecule has 2 unspecified atom stereocenters. The minimum Gasteiger partial charge on any atom is -0.480 e. The number of likely N-dealkylation sites (tertiary alicyclic amines) is 1. The van der Waals surface area contributed by atoms with Gasteiger partial charge in [-0.15, -0.1) is 0 Å². The molecule has 1 aliphatic heterocycles. The normalized spacial score (nSPS) is 25.0. The molecule has 1 aliphatic carbocycles. The second-order valence-corrected chi connectivity index (χ2v) is 8.02. The molecule has 1 saturated heterocycles. The fraction of sp³-hybridized carbons (Fsp3) is 0.435. The van der Waals surface area contributed by atoms with Crippen LogP contribution in [0.15, 0.2) is 48.1 Å². The van der Waals surface area contributed by atoms with E-state index in [1.54, 1.807) is 13.0 Å². The summed E-state index contributed by atoms with van der Waals surface area (Å²) in [7, 11) is 0. The summed E-state index contributed by atoms with van der Waals surface area (Å²) in [6, 6.07) is 7.64. The van der Waals surface area contributed by atoms with E-state index in [2.05, 4.69) is 0 Å². The molecule has 160 valence electrons. The van der Waals surface area contributed by atoms with Crippen LogP contribution in [0.4, 0.5) is 0 Å². The number of hydrogen-bond donors (Lipinski definition) is 3. The van der Waals surface area contributed by atoms with Gasteiger partial charge in [0, 0.05) is 43.5 Å². The number of allylic oxidation sites excluding steroid dienone is 2. The van der Waals surface area contributed by atoms with Crippen LogP contribution in [0.5, 0.6) is 0 Å². The number of Topliss-reactive ketones (excluding diaryl/α,β-unsaturated/α-hetero) is 1. The summed E-state index contributed by atoms with van der Waals surface area (Å²) < 4.78 is 0. The van der Waals surface area contributed by atoms with Gasteiger partial charge in [0.25, 0.3) is 0 Å². The summed E-state index contributed by atoms with van der Waals surface area (Å²) in [5.41, 5.74) is 6.33. The van der Waals surface area contributed by atoms with Crippen molar-refractivity contribution in [3.05, 3.63) is 59.2 Å². The molecule has 0 spiro atoms. The Hall–Kier alpha value is -2.77. The van der Waals surface area contributed by atoms with E-state index in [1.807, 2.05) is 29.2 Å². The molecule has 1 aromatic carbocycles. The van der Waals surface area contributed by atoms with Crippen LogP contribution in [-0.2, 0) is 27.3 Å². The fourth-order valence-electron chi connectivity index (χ4n) is 4.68. The fourth-order valence-corrected chi connectivity index (χ4v) is 4.68. The molecule has 0 amide bonds. The standard InChI is InChI=1S/C23H28N2O5/c1-15-19(21(27)28)7-4-10-23(15,22(29)30)25-11-8-16(9-12-25)20(26)13-17-5-2-3-6-18(17)14-24/h2-7,10,15-16H,8-9,11-14,24H2,1H3,(H,27,28)(H,29,30). The number of carboxylic acids is 2. The zero-order valence-corrected chi connectivity index (χ0v) is 17.1. The number of nitrogens with two attached hydrogens (primary N) is 1. The highest BCUT2D eigenvalue weighted by molar-refractivity contribution is 5.93. The molecule has 4 N–H and O–H groups in total. The van der Waals surface area contributed by atoms with Crippen LogP contribution in [0.3, 0.4) is 0 Å². The van der Waals surface area contributed by atoms with Gasteiger partial charge < -0.3 is 15.9 Å². The van der Waals surface area contributed by atoms with Gasteiger partial charge in [-0.05, 0) is 24.0 Å². The monoisotopic (exact) mass is 412 g/mol. The summed E-state index contributed by atoms with van der Waals surface area (Å²) in [6.07, 6.45) is 5.96. The van der Waals surface area contributed by atoms with Gasteiger partial charge in [-0.1, -0.05) is 49.4 Å². The van der Waals surface area contributed by atoms with Gasteiger partial charge in [0.2, 0.25) is 0 Å². The number of aliphatic carboxylic acids is 2. The molecule has 1 fully saturated rings. The SMILES string of the molecule is CC1C(C(=O)O)=CC=CC1(C(=O)O)N1CCC(C(=O)Cc2ccccc2CN)CC1. The van der Waals surface area contributed by atoms with Crippen LogP contribution in [0.25, 0.3) is 0 Å². The zero-order valence-electron chi connectivity index (χ0n) is 17.1. The van der Waals surface area contributed by atoms with E-state index in [4.69, 9.17) is 5.73 Å². The maximum absolute atomic E-state index is 12.9. The van der Waals surface area contributed by atoms with Gasteiger partial charge in [0.15, 0.2) is 0 Å². The molecule has 2 atom stereocenters. The summed E-state index contributed by atoms with van der Waals surface area (Å²) in [5, 5.41) is 19.5. The third kappa shape index (κ3) is 3.95. The maximum Gasteiger partial charge on any atom is 0.331 e. The lowest BCUT2D eigenvalue weighted by molar-refractivity contribution is -0.152. The van der Waals surface area contributed by atoms with Crippen molar-refractivity contribution in [3.8, 4) is 0 Å². The third-order valence-electron chi connectivity index (χ3n) is 6.52. The van der Waals surface area contributed by atoms with Crippen molar-refractivity contribution in [1.29, 1.82) is 0 Å². The number of rotatable bonds is 7. The Kier molecular flexibility index (Phi) is 6.53. The predicted octanol–water partition coefficient (Wildman–Crippen LogP) is 2.01. The highest BCUT2D eigenvalue weighted by Crippen LogP contribution is 2.38. The molecule has 30 heavy (non-hydrogen) atoms. The molecule has 1 aromatic rings. The second-order valence-electron chi connectivity index (χ2n) is 8.02. The van der Waals surface area contributed by atoms with Crippen molar-refractivity contribution in [2.45, 2.75) is 38.3 Å². The molecular formula is C23H28N2O5. The molecule has 1 heterocycles. The van der Waals surface area contributed by atoms with Crippen LogP contribution < -0.4 is 5.73 Å². The lowest BCUT2D eigenvalue weighted by Gasteiger charge is -2.46. The number of ketones is 1. The highest BCUT2D eigenvalue weighted by atomic mass is 16.4. The topological polar surface area (TPSA) is 121 Å². The Morgan fingerprint density at radius 3 is 2.33 bits per heavy atom. The van der Waals surface area contributed by atoms with Gasteiger partial charge in [0.1, 0.15) is 11.3 Å². The van der Waals surface area contributed by atoms with Gasteiger partial charge in [-0.2, -0.15) is 0 Å². The summed E-state index contributed by atoms with van der Waals surface area (Å²) in [5.74, 6) is -2.89. The van der Waals surface area contributed by atoms with Crippen molar-refractivity contribution in [2.75, 3.05) is 13.1 Å². The van der Waals surface area contributed by atoms with Crippen molar-refractivity contribution in [2.24, 2.45) is 17.6 Å². The van der Waals surface area contributed by atoms with Crippen molar-refractivity contribution < 1.29 is 24.6 Å². The van der Waals surface area contributed by atoms with Crippen LogP contribution in [0.2, 0.25) is 0 Å². The number of benzene rings is 1. The maximum atomic E-state index is 12.9. The number of piperidine rings is 1. The van der Waals surface area contributed by atoms with Crippen LogP contribution in [0, 0.1) is 11.8 Å². The molecule has 0 radical (unpaired) electrons. The van der Waals surface area contributed by atoms with E-state index in [0.717, 1.165) is 11.1 Å². The Labute approximate surface area is 175 Å². The number of carbonyl (C=O) groups is 3. The minimum absolute atomic E-state index is 0.0801. The number of nitrogens with zero attached hydrogens (tertiary/aromatic N) is 1. The summed E-state index contributed by atoms with van der Waals surface area (Å²) in [6.45, 7) is 2.86. The molecule has 0 bridgehead atoms. The minimum atomic E-state index is -1.41. The first kappa shape index (κ1) is 21.9. The number of carbonyl (C=O) groups excluding carboxylic acids is 1. The second kappa shape index (κ2) is 8.93. The van der Waals surface area contributed by atoms with Gasteiger partial charge in [-0.3, -0.25) is 9.69 Å². The predicted molar refractivity (Wildman–Crippen MR) is 112 cm³/mol. The first-order valence-electron chi connectivity index (χ1n) is 10.2. The Bertz CT molecular complexity index is 899. The highest BCUT2D eigenvalue weighted by Gasteiger charge is 2.51. The lowest BCUT2D eigenvalue weighted by atomic mass is 9.74. The number of carboxylic acid groups (broad SMARTS) is 2. The molecule has 3 rings (SSSR count). The third-order valence-corrected chi connectivity index (χ3v) is 6.52. The largest absolute Gasteiger partial charge is 0.480 e. The Morgan fingerprint density at radius 1 is 1.13 bits per heavy atom. The molecule has 0 aromatic heterocycles. The van der Waals surface area contributed by atoms with Crippen LogP contribution >= 0.6 is 0 Å². The molecular weight excluding hydrogens is 384 g/mol. The Balaban J connectivity index is 1.71. The lowest BCUT2D eigenvalue weighted by Crippen LogP contribution is -2.61. The Morgan fingerprint density at radius 2 is 1.77 bits per heavy atom. The smallest absolute Gasteiger partial charge is 0.331 e. The zero-order chi connectivity index (χ0) is 21.9. The van der Waals surface area contributed by atoms with Crippen molar-refractivity contribution >= 4 is 17.7 Å². The summed E-state index contributed by atoms with van der Waals surface area (Å²) in [4.78, 5) is 38.5. The molecule has 7 heteroatoms. The van der Waals surface area contributed by atoms with E-state index >= 15 is 0 Å². The van der Waals surface area contributed by atoms with E-state index in [9.17, 15) is 24.6 Å².